The summed E-state index contributed by atoms with van der Waals surface area (Å²) in [7, 11) is 0. The van der Waals surface area contributed by atoms with Crippen LogP contribution in [0.4, 0.5) is 0 Å². The molecule has 7 heteroatoms. The van der Waals surface area contributed by atoms with Gasteiger partial charge in [0.1, 0.15) is 17.3 Å². The SMILES string of the molecule is C=C(C)C(=O)OCCCOC(/C=C\C(=C)C(=O)Oc1ccc(-c2ccc(OC(=O)C(=C)C)cc2)cc1)=C/C. The Balaban J connectivity index is 1.85. The maximum atomic E-state index is 12.4. The lowest BCUT2D eigenvalue weighted by molar-refractivity contribution is -0.139. The number of carbonyl (C=O) groups excluding carboxylic acids is 3. The third-order valence-corrected chi connectivity index (χ3v) is 4.95. The fourth-order valence-corrected chi connectivity index (χ4v) is 2.81. The van der Waals surface area contributed by atoms with Gasteiger partial charge in [0.05, 0.1) is 18.8 Å². The van der Waals surface area contributed by atoms with Gasteiger partial charge in [-0.15, -0.1) is 0 Å². The number of ether oxygens (including phenoxy) is 4. The van der Waals surface area contributed by atoms with E-state index >= 15 is 0 Å². The summed E-state index contributed by atoms with van der Waals surface area (Å²) < 4.78 is 21.2. The van der Waals surface area contributed by atoms with Crippen LogP contribution in [0.2, 0.25) is 0 Å². The molecular weight excluding hydrogens is 484 g/mol. The van der Waals surface area contributed by atoms with Crippen molar-refractivity contribution in [2.45, 2.75) is 27.2 Å². The first kappa shape index (κ1) is 29.6. The Morgan fingerprint density at radius 3 is 1.63 bits per heavy atom. The van der Waals surface area contributed by atoms with E-state index in [0.29, 0.717) is 41.4 Å². The van der Waals surface area contributed by atoms with Gasteiger partial charge in [-0.2, -0.15) is 0 Å². The summed E-state index contributed by atoms with van der Waals surface area (Å²) >= 11 is 0. The fraction of sp³-hybridized carbons (Fsp3) is 0.194. The molecule has 0 fully saturated rings. The molecule has 0 amide bonds. The summed E-state index contributed by atoms with van der Waals surface area (Å²) in [4.78, 5) is 35.4. The normalized spacial score (nSPS) is 11.0. The first-order valence-corrected chi connectivity index (χ1v) is 11.9. The maximum Gasteiger partial charge on any atom is 0.342 e. The molecule has 0 heterocycles. The fourth-order valence-electron chi connectivity index (χ4n) is 2.81. The quantitative estimate of drug-likeness (QED) is 0.0773. The van der Waals surface area contributed by atoms with Gasteiger partial charge < -0.3 is 18.9 Å². The molecule has 0 aromatic heterocycles. The van der Waals surface area contributed by atoms with Crippen LogP contribution < -0.4 is 9.47 Å². The lowest BCUT2D eigenvalue weighted by Crippen LogP contribution is -2.09. The van der Waals surface area contributed by atoms with Gasteiger partial charge in [-0.1, -0.05) is 44.0 Å². The molecule has 0 radical (unpaired) electrons. The third kappa shape index (κ3) is 9.78. The highest BCUT2D eigenvalue weighted by Gasteiger charge is 2.09. The van der Waals surface area contributed by atoms with E-state index in [4.69, 9.17) is 18.9 Å². The largest absolute Gasteiger partial charge is 0.494 e. The Bertz CT molecular complexity index is 1250. The first-order valence-electron chi connectivity index (χ1n) is 11.9. The van der Waals surface area contributed by atoms with E-state index in [1.807, 2.05) is 24.3 Å². The highest BCUT2D eigenvalue weighted by molar-refractivity contribution is 5.92. The second-order valence-corrected chi connectivity index (χ2v) is 8.28. The molecule has 0 atom stereocenters. The van der Waals surface area contributed by atoms with Gasteiger partial charge in [0.15, 0.2) is 0 Å². The van der Waals surface area contributed by atoms with E-state index in [1.165, 1.54) is 6.08 Å². The number of hydrogen-bond acceptors (Lipinski definition) is 7. The van der Waals surface area contributed by atoms with E-state index < -0.39 is 17.9 Å². The number of allylic oxidation sites excluding steroid dienone is 2. The summed E-state index contributed by atoms with van der Waals surface area (Å²) in [6.45, 7) is 16.4. The van der Waals surface area contributed by atoms with Gasteiger partial charge in [0, 0.05) is 17.6 Å². The van der Waals surface area contributed by atoms with Crippen molar-refractivity contribution in [1.82, 2.24) is 0 Å². The van der Waals surface area contributed by atoms with Crippen LogP contribution in [0.1, 0.15) is 27.2 Å². The van der Waals surface area contributed by atoms with Crippen molar-refractivity contribution in [1.29, 1.82) is 0 Å². The molecule has 0 saturated heterocycles. The van der Waals surface area contributed by atoms with E-state index in [-0.39, 0.29) is 12.2 Å². The standard InChI is InChI=1S/C31H32O7/c1-7-26(35-19-8-20-36-29(32)21(2)3)14-9-23(6)31(34)38-28-17-12-25(13-18-28)24-10-15-27(16-11-24)37-30(33)22(4)5/h7,9-18H,2,4,6,8,19-20H2,1,3,5H3/b14-9-,26-7+. The summed E-state index contributed by atoms with van der Waals surface area (Å²) in [5.74, 6) is -0.178. The topological polar surface area (TPSA) is 88.1 Å². The highest BCUT2D eigenvalue weighted by atomic mass is 16.5. The number of benzene rings is 2. The van der Waals surface area contributed by atoms with Gasteiger partial charge >= 0.3 is 17.9 Å². The van der Waals surface area contributed by atoms with Crippen molar-refractivity contribution in [3.05, 3.63) is 109 Å². The lowest BCUT2D eigenvalue weighted by atomic mass is 10.1. The summed E-state index contributed by atoms with van der Waals surface area (Å²) in [6, 6.07) is 14.0. The van der Waals surface area contributed by atoms with Crippen LogP contribution in [-0.4, -0.2) is 31.1 Å². The molecule has 0 aliphatic heterocycles. The zero-order valence-electron chi connectivity index (χ0n) is 22.0. The Labute approximate surface area is 223 Å². The number of rotatable bonds is 13. The van der Waals surface area contributed by atoms with Crippen LogP contribution >= 0.6 is 0 Å². The molecule has 0 aliphatic rings. The maximum absolute atomic E-state index is 12.4. The molecular formula is C31H32O7. The number of carbonyl (C=O) groups is 3. The highest BCUT2D eigenvalue weighted by Crippen LogP contribution is 2.25. The van der Waals surface area contributed by atoms with Crippen molar-refractivity contribution in [2.24, 2.45) is 0 Å². The van der Waals surface area contributed by atoms with Crippen molar-refractivity contribution < 1.29 is 33.3 Å². The molecule has 38 heavy (non-hydrogen) atoms. The number of hydrogen-bond donors (Lipinski definition) is 0. The average Bonchev–Trinajstić information content (AvgIpc) is 2.90. The van der Waals surface area contributed by atoms with Crippen molar-refractivity contribution in [3.8, 4) is 22.6 Å². The molecule has 0 saturated carbocycles. The number of esters is 3. The van der Waals surface area contributed by atoms with Crippen LogP contribution in [0.5, 0.6) is 11.5 Å². The van der Waals surface area contributed by atoms with Crippen molar-refractivity contribution in [3.63, 3.8) is 0 Å². The summed E-state index contributed by atoms with van der Waals surface area (Å²) in [6.07, 6.45) is 5.37. The van der Waals surface area contributed by atoms with Gasteiger partial charge in [0.25, 0.3) is 0 Å². The molecule has 2 aromatic carbocycles. The molecule has 0 N–H and O–H groups in total. The van der Waals surface area contributed by atoms with Gasteiger partial charge in [-0.25, -0.2) is 14.4 Å². The van der Waals surface area contributed by atoms with Crippen LogP contribution in [0.15, 0.2) is 109 Å². The van der Waals surface area contributed by atoms with E-state index in [0.717, 1.165) is 11.1 Å². The second kappa shape index (κ2) is 14.8. The smallest absolute Gasteiger partial charge is 0.342 e. The Morgan fingerprint density at radius 2 is 1.16 bits per heavy atom. The molecule has 0 unspecified atom stereocenters. The van der Waals surface area contributed by atoms with Crippen LogP contribution in [0.25, 0.3) is 11.1 Å². The molecule has 0 aliphatic carbocycles. The molecule has 2 rings (SSSR count). The van der Waals surface area contributed by atoms with Gasteiger partial charge in [-0.3, -0.25) is 0 Å². The average molecular weight is 517 g/mol. The molecule has 198 valence electrons. The lowest BCUT2D eigenvalue weighted by Gasteiger charge is -2.08. The Morgan fingerprint density at radius 1 is 0.684 bits per heavy atom. The molecule has 0 bridgehead atoms. The van der Waals surface area contributed by atoms with Crippen molar-refractivity contribution >= 4 is 17.9 Å². The molecule has 2 aromatic rings. The minimum atomic E-state index is -0.597. The monoisotopic (exact) mass is 516 g/mol. The van der Waals surface area contributed by atoms with Crippen LogP contribution in [-0.2, 0) is 23.9 Å². The van der Waals surface area contributed by atoms with E-state index in [9.17, 15) is 14.4 Å². The van der Waals surface area contributed by atoms with Gasteiger partial charge in [-0.05, 0) is 74.4 Å². The minimum Gasteiger partial charge on any atom is -0.494 e. The van der Waals surface area contributed by atoms with Crippen molar-refractivity contribution in [2.75, 3.05) is 13.2 Å². The zero-order valence-corrected chi connectivity index (χ0v) is 22.0. The van der Waals surface area contributed by atoms with Crippen LogP contribution in [0.3, 0.4) is 0 Å². The zero-order chi connectivity index (χ0) is 28.1. The second-order valence-electron chi connectivity index (χ2n) is 8.28. The first-order chi connectivity index (χ1) is 18.1. The van der Waals surface area contributed by atoms with E-state index in [1.54, 1.807) is 57.2 Å². The predicted molar refractivity (Wildman–Crippen MR) is 146 cm³/mol. The van der Waals surface area contributed by atoms with Gasteiger partial charge in [0.2, 0.25) is 0 Å². The Kier molecular flexibility index (Phi) is 11.5. The van der Waals surface area contributed by atoms with Crippen LogP contribution in [0, 0.1) is 0 Å². The summed E-state index contributed by atoms with van der Waals surface area (Å²) in [5, 5.41) is 0. The molecule has 0 spiro atoms. The predicted octanol–water partition coefficient (Wildman–Crippen LogP) is 6.28. The Hall–Kier alpha value is -4.65. The summed E-state index contributed by atoms with van der Waals surface area (Å²) in [5.41, 5.74) is 2.61. The minimum absolute atomic E-state index is 0.146. The third-order valence-electron chi connectivity index (χ3n) is 4.95. The van der Waals surface area contributed by atoms with E-state index in [2.05, 4.69) is 19.7 Å². The molecule has 7 nitrogen and oxygen atoms in total.